The topological polar surface area (TPSA) is 91.4 Å². The van der Waals surface area contributed by atoms with E-state index in [0.29, 0.717) is 37.3 Å². The maximum Gasteiger partial charge on any atom is 0.323 e. The number of carbonyl (C=O) groups excluding carboxylic acids is 1. The average Bonchev–Trinajstić information content (AvgIpc) is 2.59. The Morgan fingerprint density at radius 3 is 2.46 bits per heavy atom. The molecule has 0 aliphatic carbocycles. The number of urea groups is 1. The van der Waals surface area contributed by atoms with Crippen LogP contribution in [0, 0.1) is 13.8 Å². The van der Waals surface area contributed by atoms with Crippen LogP contribution >= 0.6 is 0 Å². The third-order valence-corrected chi connectivity index (χ3v) is 6.75. The number of nitrogens with one attached hydrogen (secondary N) is 2. The van der Waals surface area contributed by atoms with Crippen LogP contribution in [0.4, 0.5) is 15.0 Å². The number of hydrogen-bond donors (Lipinski definition) is 2. The number of hydrogen-bond acceptors (Lipinski definition) is 4. The van der Waals surface area contributed by atoms with E-state index in [1.165, 1.54) is 6.20 Å². The molecule has 2 heterocycles. The summed E-state index contributed by atoms with van der Waals surface area (Å²) in [4.78, 5) is 18.2. The highest BCUT2D eigenvalue weighted by Crippen LogP contribution is 2.21. The van der Waals surface area contributed by atoms with Crippen molar-refractivity contribution in [3.8, 4) is 0 Å². The Kier molecular flexibility index (Phi) is 6.57. The van der Waals surface area contributed by atoms with E-state index in [4.69, 9.17) is 0 Å². The zero-order valence-corrected chi connectivity index (χ0v) is 16.5. The monoisotopic (exact) mass is 386 g/mol. The number of nitrogens with zero attached hydrogens (tertiary/aromatic N) is 2. The van der Waals surface area contributed by atoms with Crippen LogP contribution in [-0.4, -0.2) is 48.7 Å². The Bertz CT molecular complexity index is 760. The molecule has 2 N–H and O–H groups in total. The summed E-state index contributed by atoms with van der Waals surface area (Å²) in [5.41, 5.74) is 2.03. The first kappa shape index (κ1) is 20.6. The largest absolute Gasteiger partial charge is 0.324 e. The second kappa shape index (κ2) is 8.30. The highest BCUT2D eigenvalue weighted by atomic mass is 32.2. The molecule has 0 spiro atoms. The van der Waals surface area contributed by atoms with E-state index >= 15 is 0 Å². The first-order valence-corrected chi connectivity index (χ1v) is 10.3. The number of amides is 2. The summed E-state index contributed by atoms with van der Waals surface area (Å²) in [6.45, 7) is 7.19. The number of piperidine rings is 1. The number of rotatable bonds is 5. The van der Waals surface area contributed by atoms with Crippen LogP contribution in [-0.2, 0) is 16.7 Å². The maximum atomic E-state index is 12.9. The van der Waals surface area contributed by atoms with E-state index in [1.807, 2.05) is 0 Å². The van der Waals surface area contributed by atoms with E-state index in [2.05, 4.69) is 15.0 Å². The predicted octanol–water partition coefficient (Wildman–Crippen LogP) is 2.49. The summed E-state index contributed by atoms with van der Waals surface area (Å²) >= 11 is 0. The van der Waals surface area contributed by atoms with Gasteiger partial charge in [0.05, 0.1) is 5.25 Å². The van der Waals surface area contributed by atoms with Crippen LogP contribution in [0.1, 0.15) is 43.4 Å². The molecule has 9 heteroatoms. The lowest BCUT2D eigenvalue weighted by Crippen LogP contribution is -2.48. The lowest BCUT2D eigenvalue weighted by atomic mass is 10.1. The van der Waals surface area contributed by atoms with Gasteiger partial charge in [0.25, 0.3) is 0 Å². The fourth-order valence-corrected chi connectivity index (χ4v) is 3.74. The Morgan fingerprint density at radius 1 is 1.31 bits per heavy atom. The van der Waals surface area contributed by atoms with Crippen LogP contribution in [0.5, 0.6) is 0 Å². The van der Waals surface area contributed by atoms with Crippen molar-refractivity contribution in [3.63, 3.8) is 0 Å². The number of sulfonamides is 1. The molecule has 1 aromatic heterocycles. The average molecular weight is 386 g/mol. The van der Waals surface area contributed by atoms with Crippen molar-refractivity contribution < 1.29 is 17.6 Å². The van der Waals surface area contributed by atoms with Crippen molar-refractivity contribution in [2.75, 3.05) is 18.4 Å². The molecule has 0 radical (unpaired) electrons. The zero-order chi connectivity index (χ0) is 19.5. The van der Waals surface area contributed by atoms with Crippen LogP contribution in [0.15, 0.2) is 6.20 Å². The number of anilines is 1. The Labute approximate surface area is 154 Å². The molecular weight excluding hydrogens is 359 g/mol. The lowest BCUT2D eigenvalue weighted by Gasteiger charge is -2.32. The summed E-state index contributed by atoms with van der Waals surface area (Å²) in [5.74, 6) is 0.423. The minimum Gasteiger partial charge on any atom is -0.324 e. The van der Waals surface area contributed by atoms with E-state index in [-0.39, 0.29) is 12.1 Å². The van der Waals surface area contributed by atoms with Crippen molar-refractivity contribution >= 4 is 21.9 Å². The molecule has 2 amide bonds. The van der Waals surface area contributed by atoms with Gasteiger partial charge in [0.15, 0.2) is 0 Å². The van der Waals surface area contributed by atoms with Gasteiger partial charge in [-0.1, -0.05) is 0 Å². The fourth-order valence-electron chi connectivity index (χ4n) is 2.76. The number of pyridine rings is 1. The quantitative estimate of drug-likeness (QED) is 0.813. The Hall–Kier alpha value is -1.74. The summed E-state index contributed by atoms with van der Waals surface area (Å²) < 4.78 is 39.4. The van der Waals surface area contributed by atoms with Gasteiger partial charge in [0, 0.05) is 30.9 Å². The zero-order valence-electron chi connectivity index (χ0n) is 15.7. The van der Waals surface area contributed by atoms with Crippen LogP contribution in [0.25, 0.3) is 0 Å². The smallest absolute Gasteiger partial charge is 0.323 e. The second-order valence-electron chi connectivity index (χ2n) is 6.92. The van der Waals surface area contributed by atoms with E-state index in [0.717, 1.165) is 11.1 Å². The van der Waals surface area contributed by atoms with Crippen molar-refractivity contribution in [2.45, 2.75) is 58.5 Å². The van der Waals surface area contributed by atoms with Gasteiger partial charge >= 0.3 is 6.03 Å². The molecule has 1 aliphatic heterocycles. The van der Waals surface area contributed by atoms with Gasteiger partial charge < -0.3 is 4.90 Å². The van der Waals surface area contributed by atoms with Gasteiger partial charge in [0.2, 0.25) is 10.0 Å². The number of alkyl halides is 1. The lowest BCUT2D eigenvalue weighted by molar-refractivity contribution is 0.193. The summed E-state index contributed by atoms with van der Waals surface area (Å²) in [5, 5.41) is 2.29. The third-order valence-electron chi connectivity index (χ3n) is 4.85. The van der Waals surface area contributed by atoms with E-state index < -0.39 is 21.9 Å². The fraction of sp³-hybridized carbons (Fsp3) is 0.647. The molecule has 0 aromatic carbocycles. The summed E-state index contributed by atoms with van der Waals surface area (Å²) in [7, 11) is -3.31. The molecule has 1 fully saturated rings. The van der Waals surface area contributed by atoms with Crippen molar-refractivity contribution in [3.05, 3.63) is 22.9 Å². The molecule has 1 saturated heterocycles. The minimum atomic E-state index is -3.31. The Balaban J connectivity index is 1.94. The standard InChI is InChI=1S/C17H27FN4O3S/c1-11(2)26(24,25)21-15-5-7-22(8-6-15)17(23)20-16-13(4)12(3)14(9-18)10-19-16/h10-11,15,21H,5-9H2,1-4H3,(H,19,20,23). The van der Waals surface area contributed by atoms with Gasteiger partial charge in [-0.15, -0.1) is 0 Å². The molecule has 0 atom stereocenters. The van der Waals surface area contributed by atoms with Crippen molar-refractivity contribution in [1.82, 2.24) is 14.6 Å². The molecule has 2 rings (SSSR count). The molecular formula is C17H27FN4O3S. The summed E-state index contributed by atoms with van der Waals surface area (Å²) in [6.07, 6.45) is 2.56. The van der Waals surface area contributed by atoms with Gasteiger partial charge in [-0.3, -0.25) is 5.32 Å². The van der Waals surface area contributed by atoms with E-state index in [9.17, 15) is 17.6 Å². The van der Waals surface area contributed by atoms with Gasteiger partial charge in [-0.2, -0.15) is 0 Å². The molecule has 1 aromatic rings. The second-order valence-corrected chi connectivity index (χ2v) is 9.19. The van der Waals surface area contributed by atoms with Crippen LogP contribution in [0.3, 0.4) is 0 Å². The molecule has 0 saturated carbocycles. The normalized spacial score (nSPS) is 16.2. The van der Waals surface area contributed by atoms with Gasteiger partial charge in [-0.05, 0) is 51.7 Å². The van der Waals surface area contributed by atoms with Crippen LogP contribution in [0.2, 0.25) is 0 Å². The number of halogens is 1. The highest BCUT2D eigenvalue weighted by Gasteiger charge is 2.27. The number of aromatic nitrogens is 1. The molecule has 0 bridgehead atoms. The van der Waals surface area contributed by atoms with Gasteiger partial charge in [-0.25, -0.2) is 27.3 Å². The molecule has 26 heavy (non-hydrogen) atoms. The minimum absolute atomic E-state index is 0.155. The molecule has 1 aliphatic rings. The highest BCUT2D eigenvalue weighted by molar-refractivity contribution is 7.90. The SMILES string of the molecule is Cc1c(CF)cnc(NC(=O)N2CCC(NS(=O)(=O)C(C)C)CC2)c1C. The van der Waals surface area contributed by atoms with Crippen molar-refractivity contribution in [1.29, 1.82) is 0 Å². The van der Waals surface area contributed by atoms with Crippen molar-refractivity contribution in [2.24, 2.45) is 0 Å². The van der Waals surface area contributed by atoms with E-state index in [1.54, 1.807) is 32.6 Å². The van der Waals surface area contributed by atoms with Gasteiger partial charge in [0.1, 0.15) is 12.5 Å². The molecule has 0 unspecified atom stereocenters. The molecule has 146 valence electrons. The number of carbonyl (C=O) groups is 1. The first-order valence-electron chi connectivity index (χ1n) is 8.73. The third kappa shape index (κ3) is 4.70. The Morgan fingerprint density at radius 2 is 1.92 bits per heavy atom. The maximum absolute atomic E-state index is 12.9. The predicted molar refractivity (Wildman–Crippen MR) is 99.3 cm³/mol. The first-order chi connectivity index (χ1) is 12.2. The summed E-state index contributed by atoms with van der Waals surface area (Å²) in [6, 6.07) is -0.435. The van der Waals surface area contributed by atoms with Crippen LogP contribution < -0.4 is 10.0 Å². The molecule has 7 nitrogen and oxygen atoms in total. The number of likely N-dealkylation sites (tertiary alicyclic amines) is 1.